The summed E-state index contributed by atoms with van der Waals surface area (Å²) in [5, 5.41) is 8.56. The Labute approximate surface area is 81.4 Å². The maximum atomic E-state index is 13.2. The molecule has 1 aromatic rings. The van der Waals surface area contributed by atoms with Crippen molar-refractivity contribution in [2.45, 2.75) is 18.8 Å². The lowest BCUT2D eigenvalue weighted by atomic mass is 10.1. The minimum atomic E-state index is -0.797. The molecule has 0 radical (unpaired) electrons. The van der Waals surface area contributed by atoms with Crippen LogP contribution in [0.1, 0.15) is 24.3 Å². The number of hydrogen-bond donors (Lipinski definition) is 1. The second-order valence-corrected chi connectivity index (χ2v) is 3.72. The number of hydrogen-bond acceptors (Lipinski definition) is 1. The van der Waals surface area contributed by atoms with Crippen LogP contribution < -0.4 is 0 Å². The first-order valence-corrected chi connectivity index (χ1v) is 4.64. The summed E-state index contributed by atoms with van der Waals surface area (Å²) in [4.78, 5) is 10.4. The molecule has 2 unspecified atom stereocenters. The predicted octanol–water partition coefficient (Wildman–Crippen LogP) is 2.40. The molecule has 74 valence electrons. The van der Waals surface area contributed by atoms with Crippen molar-refractivity contribution in [3.63, 3.8) is 0 Å². The number of rotatable bonds is 3. The van der Waals surface area contributed by atoms with Crippen molar-refractivity contribution in [2.24, 2.45) is 5.92 Å². The highest BCUT2D eigenvalue weighted by atomic mass is 19.1. The molecule has 2 nitrogen and oxygen atoms in total. The van der Waals surface area contributed by atoms with Gasteiger partial charge in [0.05, 0.1) is 0 Å². The zero-order valence-corrected chi connectivity index (χ0v) is 7.61. The van der Waals surface area contributed by atoms with Gasteiger partial charge in [0.25, 0.3) is 0 Å². The number of carboxylic acid groups (broad SMARTS) is 1. The van der Waals surface area contributed by atoms with Crippen LogP contribution in [0.5, 0.6) is 0 Å². The van der Waals surface area contributed by atoms with Gasteiger partial charge in [-0.05, 0) is 29.9 Å². The Morgan fingerprint density at radius 3 is 2.86 bits per heavy atom. The number of aliphatic carboxylic acids is 1. The van der Waals surface area contributed by atoms with Gasteiger partial charge >= 0.3 is 5.97 Å². The highest BCUT2D eigenvalue weighted by Gasteiger charge is 2.40. The van der Waals surface area contributed by atoms with Gasteiger partial charge in [0.2, 0.25) is 0 Å². The van der Waals surface area contributed by atoms with Gasteiger partial charge in [0.15, 0.2) is 0 Å². The van der Waals surface area contributed by atoms with Crippen LogP contribution in [0.3, 0.4) is 0 Å². The van der Waals surface area contributed by atoms with Gasteiger partial charge in [0, 0.05) is 6.42 Å². The van der Waals surface area contributed by atoms with Crippen molar-refractivity contribution in [1.82, 2.24) is 0 Å². The summed E-state index contributed by atoms with van der Waals surface area (Å²) in [7, 11) is 0. The van der Waals surface area contributed by atoms with E-state index in [1.807, 2.05) is 0 Å². The Morgan fingerprint density at radius 2 is 2.21 bits per heavy atom. The molecule has 1 aliphatic carbocycles. The van der Waals surface area contributed by atoms with E-state index in [2.05, 4.69) is 0 Å². The molecule has 2 atom stereocenters. The van der Waals surface area contributed by atoms with Gasteiger partial charge in [-0.3, -0.25) is 4.79 Å². The molecule has 0 aliphatic heterocycles. The summed E-state index contributed by atoms with van der Waals surface area (Å²) >= 11 is 0. The number of benzene rings is 1. The third-order valence-electron chi connectivity index (χ3n) is 2.66. The molecule has 2 rings (SSSR count). The van der Waals surface area contributed by atoms with Crippen LogP contribution in [0, 0.1) is 11.7 Å². The molecule has 0 bridgehead atoms. The molecular weight excluding hydrogens is 183 g/mol. The van der Waals surface area contributed by atoms with E-state index >= 15 is 0 Å². The van der Waals surface area contributed by atoms with E-state index in [0.29, 0.717) is 5.56 Å². The lowest BCUT2D eigenvalue weighted by molar-refractivity contribution is -0.137. The van der Waals surface area contributed by atoms with E-state index in [4.69, 9.17) is 5.11 Å². The third kappa shape index (κ3) is 1.76. The maximum absolute atomic E-state index is 13.2. The summed E-state index contributed by atoms with van der Waals surface area (Å²) in [5.41, 5.74) is 0.666. The highest BCUT2D eigenvalue weighted by Crippen LogP contribution is 2.50. The Hall–Kier alpha value is -1.38. The first-order valence-electron chi connectivity index (χ1n) is 4.64. The van der Waals surface area contributed by atoms with Crippen molar-refractivity contribution in [3.05, 3.63) is 35.6 Å². The molecule has 0 aromatic heterocycles. The average molecular weight is 194 g/mol. The van der Waals surface area contributed by atoms with E-state index in [1.165, 1.54) is 6.07 Å². The van der Waals surface area contributed by atoms with Crippen molar-refractivity contribution < 1.29 is 14.3 Å². The average Bonchev–Trinajstić information content (AvgIpc) is 2.83. The van der Waals surface area contributed by atoms with Crippen LogP contribution >= 0.6 is 0 Å². The van der Waals surface area contributed by atoms with Crippen LogP contribution in [0.4, 0.5) is 4.39 Å². The Balaban J connectivity index is 2.06. The van der Waals surface area contributed by atoms with Crippen molar-refractivity contribution in [3.8, 4) is 0 Å². The summed E-state index contributed by atoms with van der Waals surface area (Å²) in [6.07, 6.45) is 0.951. The number of carbonyl (C=O) groups is 1. The monoisotopic (exact) mass is 194 g/mol. The van der Waals surface area contributed by atoms with E-state index in [0.717, 1.165) is 6.42 Å². The largest absolute Gasteiger partial charge is 0.481 e. The molecule has 0 spiro atoms. The van der Waals surface area contributed by atoms with Gasteiger partial charge in [0.1, 0.15) is 5.82 Å². The zero-order chi connectivity index (χ0) is 10.1. The zero-order valence-electron chi connectivity index (χ0n) is 7.61. The summed E-state index contributed by atoms with van der Waals surface area (Å²) in [5.74, 6) is -0.768. The molecule has 3 heteroatoms. The van der Waals surface area contributed by atoms with E-state index < -0.39 is 5.97 Å². The quantitative estimate of drug-likeness (QED) is 0.802. The van der Waals surface area contributed by atoms with Crippen LogP contribution in [0.25, 0.3) is 0 Å². The van der Waals surface area contributed by atoms with E-state index in [9.17, 15) is 9.18 Å². The van der Waals surface area contributed by atoms with Crippen LogP contribution in [-0.4, -0.2) is 11.1 Å². The second kappa shape index (κ2) is 3.40. The SMILES string of the molecule is O=C(O)CC1CC1c1ccccc1F. The van der Waals surface area contributed by atoms with Gasteiger partial charge in [-0.25, -0.2) is 4.39 Å². The molecule has 1 aliphatic rings. The molecule has 0 heterocycles. The van der Waals surface area contributed by atoms with Crippen molar-refractivity contribution in [2.75, 3.05) is 0 Å². The Bertz CT molecular complexity index is 362. The van der Waals surface area contributed by atoms with Crippen LogP contribution in [-0.2, 0) is 4.79 Å². The number of halogens is 1. The fraction of sp³-hybridized carbons (Fsp3) is 0.364. The smallest absolute Gasteiger partial charge is 0.303 e. The Morgan fingerprint density at radius 1 is 1.50 bits per heavy atom. The Kier molecular flexibility index (Phi) is 2.23. The van der Waals surface area contributed by atoms with Crippen molar-refractivity contribution in [1.29, 1.82) is 0 Å². The van der Waals surface area contributed by atoms with E-state index in [1.54, 1.807) is 18.2 Å². The summed E-state index contributed by atoms with van der Waals surface area (Å²) < 4.78 is 13.2. The fourth-order valence-corrected chi connectivity index (χ4v) is 1.85. The molecule has 0 saturated heterocycles. The highest BCUT2D eigenvalue weighted by molar-refractivity contribution is 5.67. The number of carboxylic acids is 1. The molecule has 1 aromatic carbocycles. The second-order valence-electron chi connectivity index (χ2n) is 3.72. The third-order valence-corrected chi connectivity index (χ3v) is 2.66. The topological polar surface area (TPSA) is 37.3 Å². The standard InChI is InChI=1S/C11H11FO2/c12-10-4-2-1-3-8(10)9-5-7(9)6-11(13)14/h1-4,7,9H,5-6H2,(H,13,14). The minimum absolute atomic E-state index is 0.118. The summed E-state index contributed by atoms with van der Waals surface area (Å²) in [6, 6.07) is 6.59. The normalized spacial score (nSPS) is 24.6. The minimum Gasteiger partial charge on any atom is -0.481 e. The van der Waals surface area contributed by atoms with Gasteiger partial charge in [-0.2, -0.15) is 0 Å². The predicted molar refractivity (Wildman–Crippen MR) is 49.5 cm³/mol. The maximum Gasteiger partial charge on any atom is 0.303 e. The van der Waals surface area contributed by atoms with Crippen molar-refractivity contribution >= 4 is 5.97 Å². The summed E-state index contributed by atoms with van der Waals surface area (Å²) in [6.45, 7) is 0. The molecular formula is C11H11FO2. The van der Waals surface area contributed by atoms with Gasteiger partial charge < -0.3 is 5.11 Å². The first kappa shape index (κ1) is 9.19. The molecule has 14 heavy (non-hydrogen) atoms. The van der Waals surface area contributed by atoms with E-state index in [-0.39, 0.29) is 24.1 Å². The molecule has 0 amide bonds. The van der Waals surface area contributed by atoms with Gasteiger partial charge in [-0.1, -0.05) is 18.2 Å². The fourth-order valence-electron chi connectivity index (χ4n) is 1.85. The first-order chi connectivity index (χ1) is 6.68. The molecule has 1 N–H and O–H groups in total. The lowest BCUT2D eigenvalue weighted by Gasteiger charge is -2.00. The molecule has 1 fully saturated rings. The molecule has 1 saturated carbocycles. The van der Waals surface area contributed by atoms with Crippen LogP contribution in [0.15, 0.2) is 24.3 Å². The van der Waals surface area contributed by atoms with Crippen LogP contribution in [0.2, 0.25) is 0 Å². The lowest BCUT2D eigenvalue weighted by Crippen LogP contribution is -1.97. The van der Waals surface area contributed by atoms with Gasteiger partial charge in [-0.15, -0.1) is 0 Å².